The predicted molar refractivity (Wildman–Crippen MR) is 81.4 cm³/mol. The average molecular weight is 326 g/mol. The van der Waals surface area contributed by atoms with Crippen LogP contribution in [-0.4, -0.2) is 14.5 Å². The van der Waals surface area contributed by atoms with Crippen LogP contribution in [0.5, 0.6) is 0 Å². The Labute approximate surface area is 127 Å². The van der Waals surface area contributed by atoms with Gasteiger partial charge in [0, 0.05) is 17.5 Å². The first-order chi connectivity index (χ1) is 10.1. The van der Waals surface area contributed by atoms with Crippen molar-refractivity contribution in [3.8, 4) is 0 Å². The summed E-state index contributed by atoms with van der Waals surface area (Å²) in [6, 6.07) is 7.79. The van der Waals surface area contributed by atoms with Gasteiger partial charge < -0.3 is 5.32 Å². The lowest BCUT2D eigenvalue weighted by molar-refractivity contribution is 0.596. The molecule has 0 atom stereocenters. The number of para-hydroxylation sites is 1. The van der Waals surface area contributed by atoms with Crippen LogP contribution in [-0.2, 0) is 16.6 Å². The fraction of sp³-hybridized carbons (Fsp3) is 0.286. The highest BCUT2D eigenvalue weighted by molar-refractivity contribution is 7.93. The molecule has 4 nitrogen and oxygen atoms in total. The fourth-order valence-electron chi connectivity index (χ4n) is 1.97. The van der Waals surface area contributed by atoms with Gasteiger partial charge in [0.15, 0.2) is 0 Å². The topological polar surface area (TPSA) is 58.2 Å². The van der Waals surface area contributed by atoms with Crippen molar-refractivity contribution in [3.05, 3.63) is 46.4 Å². The van der Waals surface area contributed by atoms with Crippen molar-refractivity contribution in [2.45, 2.75) is 30.3 Å². The number of hydrogen-bond donors (Lipinski definition) is 2. The van der Waals surface area contributed by atoms with E-state index in [1.807, 2.05) is 0 Å². The Hall–Kier alpha value is -1.44. The number of hydrogen-bond acceptors (Lipinski definition) is 4. The molecule has 112 valence electrons. The molecule has 21 heavy (non-hydrogen) atoms. The van der Waals surface area contributed by atoms with E-state index in [2.05, 4.69) is 10.0 Å². The van der Waals surface area contributed by atoms with Gasteiger partial charge in [0.05, 0.1) is 5.69 Å². The quantitative estimate of drug-likeness (QED) is 0.858. The number of nitrogens with one attached hydrogen (secondary N) is 2. The molecule has 1 saturated carbocycles. The molecule has 1 aromatic carbocycles. The molecule has 1 aliphatic rings. The van der Waals surface area contributed by atoms with Gasteiger partial charge in [-0.15, -0.1) is 11.3 Å². The molecule has 1 fully saturated rings. The maximum absolute atomic E-state index is 13.6. The highest BCUT2D eigenvalue weighted by Crippen LogP contribution is 2.27. The highest BCUT2D eigenvalue weighted by atomic mass is 32.2. The molecule has 0 aliphatic heterocycles. The summed E-state index contributed by atoms with van der Waals surface area (Å²) in [5, 5.41) is 5.03. The Bertz CT molecular complexity index is 739. The second kappa shape index (κ2) is 5.75. The van der Waals surface area contributed by atoms with Crippen molar-refractivity contribution >= 4 is 27.0 Å². The summed E-state index contributed by atoms with van der Waals surface area (Å²) in [4.78, 5) is 0.953. The Balaban J connectivity index is 1.81. The normalized spacial score (nSPS) is 15.1. The van der Waals surface area contributed by atoms with Gasteiger partial charge in [-0.1, -0.05) is 12.1 Å². The molecular weight excluding hydrogens is 311 g/mol. The summed E-state index contributed by atoms with van der Waals surface area (Å²) in [5.41, 5.74) is -0.0372. The minimum absolute atomic E-state index is 0.0372. The zero-order valence-electron chi connectivity index (χ0n) is 11.2. The number of halogens is 1. The molecule has 1 aromatic heterocycles. The molecule has 1 heterocycles. The lowest BCUT2D eigenvalue weighted by Gasteiger charge is -2.10. The van der Waals surface area contributed by atoms with Crippen LogP contribution in [0.25, 0.3) is 0 Å². The second-order valence-electron chi connectivity index (χ2n) is 4.95. The number of sulfonamides is 1. The van der Waals surface area contributed by atoms with Crippen molar-refractivity contribution < 1.29 is 12.8 Å². The SMILES string of the molecule is O=S(=O)(Nc1ccccc1F)c1ccsc1CNC1CC1. The molecule has 3 rings (SSSR count). The number of rotatable bonds is 6. The molecule has 1 aliphatic carbocycles. The van der Waals surface area contributed by atoms with Crippen molar-refractivity contribution in [2.75, 3.05) is 4.72 Å². The Kier molecular flexibility index (Phi) is 3.97. The molecule has 2 aromatic rings. The monoisotopic (exact) mass is 326 g/mol. The van der Waals surface area contributed by atoms with Gasteiger partial charge in [0.1, 0.15) is 10.7 Å². The maximum Gasteiger partial charge on any atom is 0.263 e. The van der Waals surface area contributed by atoms with Crippen molar-refractivity contribution in [3.63, 3.8) is 0 Å². The van der Waals surface area contributed by atoms with E-state index in [1.54, 1.807) is 17.5 Å². The first-order valence-corrected chi connectivity index (χ1v) is 8.99. The molecular formula is C14H15FN2O2S2. The van der Waals surface area contributed by atoms with Gasteiger partial charge >= 0.3 is 0 Å². The highest BCUT2D eigenvalue weighted by Gasteiger charge is 2.24. The summed E-state index contributed by atoms with van der Waals surface area (Å²) in [7, 11) is -3.77. The Morgan fingerprint density at radius 3 is 2.71 bits per heavy atom. The first-order valence-electron chi connectivity index (χ1n) is 6.63. The first kappa shape index (κ1) is 14.5. The Morgan fingerprint density at radius 2 is 2.00 bits per heavy atom. The summed E-state index contributed by atoms with van der Waals surface area (Å²) >= 11 is 1.39. The second-order valence-corrected chi connectivity index (χ2v) is 7.60. The Morgan fingerprint density at radius 1 is 1.24 bits per heavy atom. The van der Waals surface area contributed by atoms with E-state index in [9.17, 15) is 12.8 Å². The number of anilines is 1. The van der Waals surface area contributed by atoms with E-state index >= 15 is 0 Å². The van der Waals surface area contributed by atoms with Crippen molar-refractivity contribution in [1.82, 2.24) is 5.32 Å². The van der Waals surface area contributed by atoms with E-state index in [-0.39, 0.29) is 10.6 Å². The molecule has 0 radical (unpaired) electrons. The minimum atomic E-state index is -3.77. The van der Waals surface area contributed by atoms with Gasteiger partial charge in [-0.25, -0.2) is 12.8 Å². The van der Waals surface area contributed by atoms with Crippen LogP contribution in [0.15, 0.2) is 40.6 Å². The van der Waals surface area contributed by atoms with Crippen LogP contribution in [0.4, 0.5) is 10.1 Å². The molecule has 0 saturated heterocycles. The third kappa shape index (κ3) is 3.42. The van der Waals surface area contributed by atoms with E-state index in [4.69, 9.17) is 0 Å². The molecule has 0 amide bonds. The summed E-state index contributed by atoms with van der Waals surface area (Å²) in [6.07, 6.45) is 2.28. The predicted octanol–water partition coefficient (Wildman–Crippen LogP) is 2.94. The standard InChI is InChI=1S/C14H15FN2O2S2/c15-11-3-1-2-4-12(11)17-21(18,19)14-7-8-20-13(14)9-16-10-5-6-10/h1-4,7-8,10,16-17H,5-6,9H2. The zero-order valence-corrected chi connectivity index (χ0v) is 12.8. The molecule has 0 bridgehead atoms. The smallest absolute Gasteiger partial charge is 0.263 e. The minimum Gasteiger partial charge on any atom is -0.309 e. The van der Waals surface area contributed by atoms with Gasteiger partial charge in [-0.3, -0.25) is 4.72 Å². The van der Waals surface area contributed by atoms with E-state index in [1.165, 1.54) is 29.5 Å². The summed E-state index contributed by atoms with van der Waals surface area (Å²) < 4.78 is 40.7. The number of thiophene rings is 1. The van der Waals surface area contributed by atoms with Gasteiger partial charge in [0.2, 0.25) is 0 Å². The van der Waals surface area contributed by atoms with Crippen LogP contribution >= 0.6 is 11.3 Å². The summed E-state index contributed by atoms with van der Waals surface area (Å²) in [6.45, 7) is 0.524. The van der Waals surface area contributed by atoms with Gasteiger partial charge in [0.25, 0.3) is 10.0 Å². The largest absolute Gasteiger partial charge is 0.309 e. The van der Waals surface area contributed by atoms with Crippen LogP contribution < -0.4 is 10.0 Å². The van der Waals surface area contributed by atoms with Gasteiger partial charge in [-0.05, 0) is 36.4 Å². The average Bonchev–Trinajstić information content (AvgIpc) is 3.15. The summed E-state index contributed by atoms with van der Waals surface area (Å²) in [5.74, 6) is -0.589. The zero-order chi connectivity index (χ0) is 14.9. The van der Waals surface area contributed by atoms with Crippen molar-refractivity contribution in [2.24, 2.45) is 0 Å². The molecule has 0 unspecified atom stereocenters. The van der Waals surface area contributed by atoms with Crippen LogP contribution in [0, 0.1) is 5.82 Å². The molecule has 2 N–H and O–H groups in total. The third-order valence-electron chi connectivity index (χ3n) is 3.24. The van der Waals surface area contributed by atoms with Crippen molar-refractivity contribution in [1.29, 1.82) is 0 Å². The van der Waals surface area contributed by atoms with E-state index in [0.29, 0.717) is 12.6 Å². The van der Waals surface area contributed by atoms with Crippen LogP contribution in [0.1, 0.15) is 17.7 Å². The van der Waals surface area contributed by atoms with Gasteiger partial charge in [-0.2, -0.15) is 0 Å². The number of benzene rings is 1. The molecule has 0 spiro atoms. The van der Waals surface area contributed by atoms with E-state index in [0.717, 1.165) is 17.7 Å². The van der Waals surface area contributed by atoms with E-state index < -0.39 is 15.8 Å². The maximum atomic E-state index is 13.6. The lowest BCUT2D eigenvalue weighted by atomic mass is 10.3. The van der Waals surface area contributed by atoms with Crippen LogP contribution in [0.3, 0.4) is 0 Å². The fourth-order valence-corrected chi connectivity index (χ4v) is 4.43. The third-order valence-corrected chi connectivity index (χ3v) is 5.74. The van der Waals surface area contributed by atoms with Crippen LogP contribution in [0.2, 0.25) is 0 Å². The molecule has 7 heteroatoms. The lowest BCUT2D eigenvalue weighted by Crippen LogP contribution is -2.19.